The molecule has 0 aromatic heterocycles. The molecule has 4 fully saturated rings. The monoisotopic (exact) mass is 378 g/mol. The maximum absolute atomic E-state index is 13.2. The molecule has 0 spiro atoms. The van der Waals surface area contributed by atoms with Gasteiger partial charge in [-0.05, 0) is 68.3 Å². The van der Waals surface area contributed by atoms with Crippen molar-refractivity contribution < 1.29 is 14.3 Å². The molecule has 4 bridgehead atoms. The van der Waals surface area contributed by atoms with E-state index in [9.17, 15) is 9.59 Å². The molecule has 5 rings (SSSR count). The molecule has 4 saturated carbocycles. The Hall–Kier alpha value is -2.61. The lowest BCUT2D eigenvalue weighted by atomic mass is 9.43. The Bertz CT molecular complexity index is 863. The van der Waals surface area contributed by atoms with E-state index in [1.54, 1.807) is 6.07 Å². The smallest absolute Gasteiger partial charge is 0.312 e. The number of esters is 1. The minimum atomic E-state index is -0.529. The fourth-order valence-corrected chi connectivity index (χ4v) is 6.36. The molecule has 5 heteroatoms. The maximum atomic E-state index is 13.2. The topological polar surface area (TPSA) is 93.2 Å². The molecule has 4 aliphatic carbocycles. The van der Waals surface area contributed by atoms with Gasteiger partial charge in [-0.1, -0.05) is 30.3 Å². The van der Waals surface area contributed by atoms with Crippen molar-refractivity contribution >= 4 is 11.8 Å². The van der Waals surface area contributed by atoms with Gasteiger partial charge in [-0.25, -0.2) is 0 Å². The van der Waals surface area contributed by atoms with Gasteiger partial charge in [0, 0.05) is 5.70 Å². The number of Topliss-reactive ketones (excluding diaryl/α,β-unsaturated/α-hetero) is 1. The van der Waals surface area contributed by atoms with Crippen LogP contribution in [-0.2, 0) is 19.7 Å². The van der Waals surface area contributed by atoms with Crippen LogP contribution in [0.25, 0.3) is 0 Å². The zero-order chi connectivity index (χ0) is 19.9. The molecule has 2 N–H and O–H groups in total. The lowest BCUT2D eigenvalue weighted by Gasteiger charge is -2.61. The number of hydrogen-bond acceptors (Lipinski definition) is 5. The number of hydrogen-bond donors (Lipinski definition) is 1. The second-order valence-electron chi connectivity index (χ2n) is 9.06. The van der Waals surface area contributed by atoms with Crippen molar-refractivity contribution in [3.63, 3.8) is 0 Å². The van der Waals surface area contributed by atoms with Gasteiger partial charge >= 0.3 is 5.97 Å². The summed E-state index contributed by atoms with van der Waals surface area (Å²) in [6.07, 6.45) is 5.95. The Kier molecular flexibility index (Phi) is 4.53. The van der Waals surface area contributed by atoms with Gasteiger partial charge < -0.3 is 10.5 Å². The molecule has 5 nitrogen and oxygen atoms in total. The SMILES string of the molecule is C/C(N)=C(/C#N)C(=O)COC(=O)C12CC3CC(C1)CC(c1ccccc1)(C3)C2. The van der Waals surface area contributed by atoms with Crippen LogP contribution in [0.2, 0.25) is 0 Å². The number of nitrogens with zero attached hydrogens (tertiary/aromatic N) is 1. The molecule has 2 atom stereocenters. The summed E-state index contributed by atoms with van der Waals surface area (Å²) in [5.41, 5.74) is 6.47. The van der Waals surface area contributed by atoms with Crippen molar-refractivity contribution in [3.8, 4) is 6.07 Å². The Labute approximate surface area is 165 Å². The van der Waals surface area contributed by atoms with Crippen molar-refractivity contribution in [1.29, 1.82) is 5.26 Å². The molecule has 0 saturated heterocycles. The summed E-state index contributed by atoms with van der Waals surface area (Å²) in [7, 11) is 0. The minimum Gasteiger partial charge on any atom is -0.457 e. The lowest BCUT2D eigenvalue weighted by Crippen LogP contribution is -2.57. The third kappa shape index (κ3) is 3.01. The summed E-state index contributed by atoms with van der Waals surface area (Å²) in [6.45, 7) is 1.09. The zero-order valence-corrected chi connectivity index (χ0v) is 16.2. The van der Waals surface area contributed by atoms with Crippen molar-refractivity contribution in [2.24, 2.45) is 23.0 Å². The first-order chi connectivity index (χ1) is 13.4. The largest absolute Gasteiger partial charge is 0.457 e. The highest BCUT2D eigenvalue weighted by Gasteiger charge is 2.61. The van der Waals surface area contributed by atoms with Gasteiger partial charge in [0.15, 0.2) is 6.61 Å². The van der Waals surface area contributed by atoms with E-state index >= 15 is 0 Å². The molecule has 1 aromatic rings. The van der Waals surface area contributed by atoms with Crippen LogP contribution in [0.15, 0.2) is 41.6 Å². The summed E-state index contributed by atoms with van der Waals surface area (Å²) in [4.78, 5) is 25.3. The summed E-state index contributed by atoms with van der Waals surface area (Å²) < 4.78 is 5.47. The zero-order valence-electron chi connectivity index (χ0n) is 16.2. The molecule has 0 aliphatic heterocycles. The van der Waals surface area contributed by atoms with Crippen molar-refractivity contribution in [3.05, 3.63) is 47.2 Å². The van der Waals surface area contributed by atoms with Crippen molar-refractivity contribution in [2.75, 3.05) is 6.61 Å². The van der Waals surface area contributed by atoms with E-state index < -0.39 is 17.8 Å². The third-order valence-corrected chi connectivity index (χ3v) is 7.00. The van der Waals surface area contributed by atoms with Crippen LogP contribution in [-0.4, -0.2) is 18.4 Å². The predicted octanol–water partition coefficient (Wildman–Crippen LogP) is 3.39. The Morgan fingerprint density at radius 2 is 1.82 bits per heavy atom. The highest BCUT2D eigenvalue weighted by atomic mass is 16.5. The first kappa shape index (κ1) is 18.7. The molecule has 0 amide bonds. The van der Waals surface area contributed by atoms with E-state index in [1.807, 2.05) is 6.07 Å². The molecular weight excluding hydrogens is 352 g/mol. The van der Waals surface area contributed by atoms with Gasteiger partial charge in [0.25, 0.3) is 0 Å². The summed E-state index contributed by atoms with van der Waals surface area (Å²) in [5, 5.41) is 9.07. The number of benzene rings is 1. The number of nitrogens with two attached hydrogens (primary N) is 1. The van der Waals surface area contributed by atoms with Gasteiger partial charge in [-0.2, -0.15) is 5.26 Å². The van der Waals surface area contributed by atoms with Crippen LogP contribution in [0, 0.1) is 28.6 Å². The average molecular weight is 378 g/mol. The fourth-order valence-electron chi connectivity index (χ4n) is 6.36. The first-order valence-corrected chi connectivity index (χ1v) is 10.00. The molecule has 28 heavy (non-hydrogen) atoms. The van der Waals surface area contributed by atoms with Crippen LogP contribution >= 0.6 is 0 Å². The number of carbonyl (C=O) groups excluding carboxylic acids is 2. The van der Waals surface area contributed by atoms with E-state index in [0.29, 0.717) is 11.8 Å². The third-order valence-electron chi connectivity index (χ3n) is 7.00. The van der Waals surface area contributed by atoms with Crippen LogP contribution < -0.4 is 5.73 Å². The number of rotatable bonds is 5. The number of carbonyl (C=O) groups is 2. The average Bonchev–Trinajstić information content (AvgIpc) is 2.66. The molecular formula is C23H26N2O3. The van der Waals surface area contributed by atoms with E-state index in [1.165, 1.54) is 18.9 Å². The highest BCUT2D eigenvalue weighted by molar-refractivity contribution is 6.01. The number of ketones is 1. The quantitative estimate of drug-likeness (QED) is 0.481. The van der Waals surface area contributed by atoms with E-state index in [-0.39, 0.29) is 22.7 Å². The minimum absolute atomic E-state index is 0.0416. The molecule has 2 unspecified atom stereocenters. The van der Waals surface area contributed by atoms with Crippen molar-refractivity contribution in [2.45, 2.75) is 50.9 Å². The van der Waals surface area contributed by atoms with Crippen LogP contribution in [0.1, 0.15) is 51.0 Å². The lowest BCUT2D eigenvalue weighted by molar-refractivity contribution is -0.175. The molecule has 146 valence electrons. The Balaban J connectivity index is 1.55. The molecule has 0 radical (unpaired) electrons. The molecule has 0 heterocycles. The first-order valence-electron chi connectivity index (χ1n) is 10.00. The number of ether oxygens (including phenoxy) is 1. The van der Waals surface area contributed by atoms with Gasteiger partial charge in [0.05, 0.1) is 5.41 Å². The fraction of sp³-hybridized carbons (Fsp3) is 0.522. The summed E-state index contributed by atoms with van der Waals surface area (Å²) in [5.74, 6) is 0.261. The normalized spacial score (nSPS) is 33.7. The van der Waals surface area contributed by atoms with Crippen LogP contribution in [0.3, 0.4) is 0 Å². The predicted molar refractivity (Wildman–Crippen MR) is 104 cm³/mol. The molecule has 4 aliphatic rings. The van der Waals surface area contributed by atoms with Gasteiger partial charge in [-0.15, -0.1) is 0 Å². The van der Waals surface area contributed by atoms with Crippen LogP contribution in [0.4, 0.5) is 0 Å². The van der Waals surface area contributed by atoms with Gasteiger partial charge in [0.1, 0.15) is 11.6 Å². The van der Waals surface area contributed by atoms with Gasteiger partial charge in [0.2, 0.25) is 5.78 Å². The number of allylic oxidation sites excluding steroid dienone is 1. The van der Waals surface area contributed by atoms with E-state index in [0.717, 1.165) is 32.1 Å². The summed E-state index contributed by atoms with van der Waals surface area (Å²) in [6, 6.07) is 12.3. The highest BCUT2D eigenvalue weighted by Crippen LogP contribution is 2.66. The van der Waals surface area contributed by atoms with Crippen LogP contribution in [0.5, 0.6) is 0 Å². The number of nitriles is 1. The second-order valence-corrected chi connectivity index (χ2v) is 9.06. The van der Waals surface area contributed by atoms with E-state index in [4.69, 9.17) is 15.7 Å². The standard InChI is InChI=1S/C23H26N2O3/c1-15(25)19(12-24)20(26)13-28-21(27)23-10-16-7-17(11-23)9-22(8-16,14-23)18-5-3-2-4-6-18/h2-6,16-17H,7-11,13-14,25H2,1H3/b19-15+. The second kappa shape index (κ2) is 6.77. The molecule has 1 aromatic carbocycles. The Morgan fingerprint density at radius 3 is 2.39 bits per heavy atom. The van der Waals surface area contributed by atoms with Gasteiger partial charge in [-0.3, -0.25) is 9.59 Å². The van der Waals surface area contributed by atoms with Crippen molar-refractivity contribution in [1.82, 2.24) is 0 Å². The van der Waals surface area contributed by atoms with E-state index in [2.05, 4.69) is 24.3 Å². The Morgan fingerprint density at radius 1 is 1.18 bits per heavy atom. The summed E-state index contributed by atoms with van der Waals surface area (Å²) >= 11 is 0. The maximum Gasteiger partial charge on any atom is 0.312 e.